The first-order valence-corrected chi connectivity index (χ1v) is 9.83. The molecule has 1 N–H and O–H groups in total. The normalized spacial score (nSPS) is 18.8. The van der Waals surface area contributed by atoms with Gasteiger partial charge in [-0.15, -0.1) is 0 Å². The summed E-state index contributed by atoms with van der Waals surface area (Å²) in [5.74, 6) is 2.33. The van der Waals surface area contributed by atoms with Crippen molar-refractivity contribution >= 4 is 17.7 Å². The Bertz CT molecular complexity index is 1050. The molecule has 1 atom stereocenters. The van der Waals surface area contributed by atoms with E-state index in [0.29, 0.717) is 25.5 Å². The first-order chi connectivity index (χ1) is 14.2. The molecule has 1 saturated heterocycles. The van der Waals surface area contributed by atoms with Gasteiger partial charge >= 0.3 is 6.09 Å². The second kappa shape index (κ2) is 7.23. The molecule has 2 aliphatic rings. The number of amides is 1. The summed E-state index contributed by atoms with van der Waals surface area (Å²) in [5.41, 5.74) is 2.15. The first kappa shape index (κ1) is 17.7. The van der Waals surface area contributed by atoms with Crippen molar-refractivity contribution in [3.63, 3.8) is 0 Å². The van der Waals surface area contributed by atoms with Gasteiger partial charge in [-0.05, 0) is 37.0 Å². The third-order valence-corrected chi connectivity index (χ3v) is 5.76. The number of benzene rings is 1. The van der Waals surface area contributed by atoms with E-state index in [0.717, 1.165) is 42.9 Å². The van der Waals surface area contributed by atoms with Gasteiger partial charge in [0.15, 0.2) is 0 Å². The lowest BCUT2D eigenvalue weighted by Crippen LogP contribution is -2.37. The minimum absolute atomic E-state index is 0.208. The standard InChI is InChI=1S/C20H22N6O3/c27-20(28)24-10-7-14-3-1-5-17(16(14)11-24)29-12-15-4-2-9-25(15)18-6-8-21-19-22-13-23-26(18)19/h1,3,5-6,8,13,15H,2,4,7,9-12H2,(H,27,28)/t15-/m1/s1. The Kier molecular flexibility index (Phi) is 4.42. The molecule has 2 aliphatic heterocycles. The molecule has 0 radical (unpaired) electrons. The van der Waals surface area contributed by atoms with Crippen LogP contribution >= 0.6 is 0 Å². The number of carbonyl (C=O) groups is 1. The van der Waals surface area contributed by atoms with E-state index in [-0.39, 0.29) is 6.04 Å². The third kappa shape index (κ3) is 3.22. The van der Waals surface area contributed by atoms with Crippen LogP contribution in [-0.2, 0) is 13.0 Å². The molecule has 29 heavy (non-hydrogen) atoms. The van der Waals surface area contributed by atoms with Crippen LogP contribution in [0.2, 0.25) is 0 Å². The molecule has 1 fully saturated rings. The topological polar surface area (TPSA) is 96.1 Å². The Morgan fingerprint density at radius 2 is 2.17 bits per heavy atom. The summed E-state index contributed by atoms with van der Waals surface area (Å²) in [4.78, 5) is 23.5. The molecule has 0 spiro atoms. The Hall–Kier alpha value is -3.36. The fourth-order valence-corrected chi connectivity index (χ4v) is 4.29. The Balaban J connectivity index is 1.35. The van der Waals surface area contributed by atoms with E-state index in [2.05, 4.69) is 26.0 Å². The highest BCUT2D eigenvalue weighted by Crippen LogP contribution is 2.30. The molecular weight excluding hydrogens is 372 g/mol. The Morgan fingerprint density at radius 1 is 1.24 bits per heavy atom. The number of hydrogen-bond donors (Lipinski definition) is 1. The molecule has 1 aromatic carbocycles. The monoisotopic (exact) mass is 394 g/mol. The van der Waals surface area contributed by atoms with E-state index in [4.69, 9.17) is 4.74 Å². The maximum atomic E-state index is 11.4. The quantitative estimate of drug-likeness (QED) is 0.725. The van der Waals surface area contributed by atoms with E-state index in [1.807, 2.05) is 18.2 Å². The minimum Gasteiger partial charge on any atom is -0.491 e. The summed E-state index contributed by atoms with van der Waals surface area (Å²) in [6, 6.07) is 8.14. The second-order valence-corrected chi connectivity index (χ2v) is 7.42. The molecular formula is C20H22N6O3. The van der Waals surface area contributed by atoms with Crippen LogP contribution in [0, 0.1) is 0 Å². The SMILES string of the molecule is O=C(O)N1CCc2cccc(OC[C@H]3CCCN3c3ccnc4ncnn34)c2C1. The number of carboxylic acid groups (broad SMARTS) is 1. The number of hydrogen-bond acceptors (Lipinski definition) is 6. The summed E-state index contributed by atoms with van der Waals surface area (Å²) in [5, 5.41) is 13.6. The lowest BCUT2D eigenvalue weighted by molar-refractivity contribution is 0.139. The van der Waals surface area contributed by atoms with Crippen LogP contribution in [0.3, 0.4) is 0 Å². The number of anilines is 1. The highest BCUT2D eigenvalue weighted by Gasteiger charge is 2.29. The number of aromatic nitrogens is 4. The van der Waals surface area contributed by atoms with Crippen LogP contribution in [0.15, 0.2) is 36.8 Å². The van der Waals surface area contributed by atoms with Gasteiger partial charge in [0, 0.05) is 24.8 Å². The zero-order valence-corrected chi connectivity index (χ0v) is 15.9. The van der Waals surface area contributed by atoms with Crippen LogP contribution in [0.5, 0.6) is 5.75 Å². The molecule has 2 aromatic heterocycles. The molecule has 0 bridgehead atoms. The predicted octanol–water partition coefficient (Wildman–Crippen LogP) is 2.21. The fraction of sp³-hybridized carbons (Fsp3) is 0.400. The molecule has 0 unspecified atom stereocenters. The zero-order chi connectivity index (χ0) is 19.8. The van der Waals surface area contributed by atoms with Crippen LogP contribution in [0.1, 0.15) is 24.0 Å². The van der Waals surface area contributed by atoms with Gasteiger partial charge in [0.05, 0.1) is 12.6 Å². The second-order valence-electron chi connectivity index (χ2n) is 7.42. The number of nitrogens with zero attached hydrogens (tertiary/aromatic N) is 6. The molecule has 5 rings (SSSR count). The summed E-state index contributed by atoms with van der Waals surface area (Å²) >= 11 is 0. The van der Waals surface area contributed by atoms with Crippen molar-refractivity contribution in [3.05, 3.63) is 47.9 Å². The van der Waals surface area contributed by atoms with E-state index in [1.165, 1.54) is 16.8 Å². The van der Waals surface area contributed by atoms with Crippen LogP contribution in [0.4, 0.5) is 10.6 Å². The highest BCUT2D eigenvalue weighted by molar-refractivity contribution is 5.66. The van der Waals surface area contributed by atoms with Crippen molar-refractivity contribution in [2.24, 2.45) is 0 Å². The van der Waals surface area contributed by atoms with Gasteiger partial charge in [-0.25, -0.2) is 9.78 Å². The number of rotatable bonds is 4. The summed E-state index contributed by atoms with van der Waals surface area (Å²) in [7, 11) is 0. The molecule has 3 aromatic rings. The molecule has 4 heterocycles. The van der Waals surface area contributed by atoms with E-state index in [1.54, 1.807) is 10.7 Å². The molecule has 0 aliphatic carbocycles. The summed E-state index contributed by atoms with van der Waals surface area (Å²) in [6.45, 7) is 2.35. The van der Waals surface area contributed by atoms with Crippen molar-refractivity contribution < 1.29 is 14.6 Å². The van der Waals surface area contributed by atoms with Crippen molar-refractivity contribution in [1.29, 1.82) is 0 Å². The zero-order valence-electron chi connectivity index (χ0n) is 15.9. The summed E-state index contributed by atoms with van der Waals surface area (Å²) in [6.07, 6.45) is 5.19. The van der Waals surface area contributed by atoms with Crippen LogP contribution < -0.4 is 9.64 Å². The van der Waals surface area contributed by atoms with Gasteiger partial charge in [0.25, 0.3) is 5.78 Å². The van der Waals surface area contributed by atoms with Gasteiger partial charge < -0.3 is 19.6 Å². The third-order valence-electron chi connectivity index (χ3n) is 5.76. The molecule has 9 nitrogen and oxygen atoms in total. The van der Waals surface area contributed by atoms with Gasteiger partial charge in [-0.2, -0.15) is 14.6 Å². The van der Waals surface area contributed by atoms with Crippen LogP contribution in [-0.4, -0.2) is 61.4 Å². The Morgan fingerprint density at radius 3 is 3.07 bits per heavy atom. The lowest BCUT2D eigenvalue weighted by Gasteiger charge is -2.30. The largest absolute Gasteiger partial charge is 0.491 e. The van der Waals surface area contributed by atoms with Crippen molar-refractivity contribution in [2.45, 2.75) is 31.8 Å². The highest BCUT2D eigenvalue weighted by atomic mass is 16.5. The molecule has 150 valence electrons. The van der Waals surface area contributed by atoms with Crippen molar-refractivity contribution in [1.82, 2.24) is 24.5 Å². The average molecular weight is 394 g/mol. The van der Waals surface area contributed by atoms with Crippen LogP contribution in [0.25, 0.3) is 5.78 Å². The van der Waals surface area contributed by atoms with Crippen molar-refractivity contribution in [3.8, 4) is 5.75 Å². The maximum absolute atomic E-state index is 11.4. The summed E-state index contributed by atoms with van der Waals surface area (Å²) < 4.78 is 8.00. The molecule has 0 saturated carbocycles. The van der Waals surface area contributed by atoms with Gasteiger partial charge in [0.2, 0.25) is 0 Å². The van der Waals surface area contributed by atoms with Gasteiger partial charge in [0.1, 0.15) is 24.5 Å². The van der Waals surface area contributed by atoms with E-state index < -0.39 is 6.09 Å². The average Bonchev–Trinajstić information content (AvgIpc) is 3.40. The lowest BCUT2D eigenvalue weighted by atomic mass is 9.99. The van der Waals surface area contributed by atoms with E-state index >= 15 is 0 Å². The molecule has 9 heteroatoms. The molecule has 1 amide bonds. The van der Waals surface area contributed by atoms with Gasteiger partial charge in [-0.1, -0.05) is 12.1 Å². The first-order valence-electron chi connectivity index (χ1n) is 9.83. The number of fused-ring (bicyclic) bond motifs is 2. The van der Waals surface area contributed by atoms with Crippen molar-refractivity contribution in [2.75, 3.05) is 24.6 Å². The minimum atomic E-state index is -0.887. The Labute approximate surface area is 167 Å². The predicted molar refractivity (Wildman–Crippen MR) is 105 cm³/mol. The number of ether oxygens (including phenoxy) is 1. The van der Waals surface area contributed by atoms with Gasteiger partial charge in [-0.3, -0.25) is 0 Å². The fourth-order valence-electron chi connectivity index (χ4n) is 4.29. The van der Waals surface area contributed by atoms with E-state index in [9.17, 15) is 9.90 Å². The maximum Gasteiger partial charge on any atom is 0.407 e. The smallest absolute Gasteiger partial charge is 0.407 e.